The van der Waals surface area contributed by atoms with Crippen LogP contribution in [0.2, 0.25) is 0 Å². The fourth-order valence-corrected chi connectivity index (χ4v) is 1.30. The number of hydrogen-bond donors (Lipinski definition) is 3. The van der Waals surface area contributed by atoms with Crippen molar-refractivity contribution < 1.29 is 10.0 Å². The minimum absolute atomic E-state index is 0.00126. The molecule has 0 heterocycles. The van der Waals surface area contributed by atoms with E-state index in [1.807, 2.05) is 6.92 Å². The molecule has 6 nitrogen and oxygen atoms in total. The number of amides is 1. The Kier molecular flexibility index (Phi) is 5.69. The van der Waals surface area contributed by atoms with Crippen molar-refractivity contribution in [3.05, 3.63) is 0 Å². The van der Waals surface area contributed by atoms with E-state index in [1.54, 1.807) is 21.0 Å². The van der Waals surface area contributed by atoms with Crippen LogP contribution in [-0.2, 0) is 4.79 Å². The number of amidine groups is 1. The summed E-state index contributed by atoms with van der Waals surface area (Å²) in [4.78, 5) is 13.0. The van der Waals surface area contributed by atoms with E-state index in [4.69, 9.17) is 10.9 Å². The number of likely N-dealkylation sites (N-methyl/N-ethyl adjacent to an activating group) is 1. The molecule has 0 aromatic carbocycles. The summed E-state index contributed by atoms with van der Waals surface area (Å²) in [7, 11) is 3.41. The summed E-state index contributed by atoms with van der Waals surface area (Å²) >= 11 is 0. The van der Waals surface area contributed by atoms with Crippen molar-refractivity contribution in [1.82, 2.24) is 10.2 Å². The van der Waals surface area contributed by atoms with Gasteiger partial charge in [0.2, 0.25) is 5.91 Å². The molecule has 0 bridgehead atoms. The van der Waals surface area contributed by atoms with Crippen LogP contribution in [0.1, 0.15) is 20.3 Å². The van der Waals surface area contributed by atoms with E-state index in [1.165, 1.54) is 4.90 Å². The van der Waals surface area contributed by atoms with Crippen LogP contribution in [-0.4, -0.2) is 48.0 Å². The first-order valence-corrected chi connectivity index (χ1v) is 4.82. The average molecular weight is 216 g/mol. The maximum absolute atomic E-state index is 11.5. The van der Waals surface area contributed by atoms with Gasteiger partial charge in [-0.25, -0.2) is 0 Å². The lowest BCUT2D eigenvalue weighted by molar-refractivity contribution is -0.130. The summed E-state index contributed by atoms with van der Waals surface area (Å²) in [6, 6.07) is -0.290. The zero-order valence-corrected chi connectivity index (χ0v) is 9.69. The van der Waals surface area contributed by atoms with Gasteiger partial charge in [0.05, 0.1) is 6.04 Å². The highest BCUT2D eigenvalue weighted by atomic mass is 16.4. The Balaban J connectivity index is 4.07. The maximum Gasteiger partial charge on any atom is 0.238 e. The van der Waals surface area contributed by atoms with E-state index < -0.39 is 0 Å². The zero-order chi connectivity index (χ0) is 12.0. The van der Waals surface area contributed by atoms with Gasteiger partial charge in [0.25, 0.3) is 0 Å². The van der Waals surface area contributed by atoms with E-state index >= 15 is 0 Å². The second kappa shape index (κ2) is 6.23. The van der Waals surface area contributed by atoms with Crippen molar-refractivity contribution in [2.24, 2.45) is 10.9 Å². The molecule has 0 saturated heterocycles. The number of nitrogens with zero attached hydrogens (tertiary/aromatic N) is 2. The molecular weight excluding hydrogens is 196 g/mol. The van der Waals surface area contributed by atoms with E-state index in [2.05, 4.69) is 10.5 Å². The molecule has 0 aliphatic carbocycles. The van der Waals surface area contributed by atoms with Crippen LogP contribution in [0.3, 0.4) is 0 Å². The summed E-state index contributed by atoms with van der Waals surface area (Å²) < 4.78 is 0. The Morgan fingerprint density at radius 2 is 2.07 bits per heavy atom. The van der Waals surface area contributed by atoms with Gasteiger partial charge >= 0.3 is 0 Å². The second-order valence-corrected chi connectivity index (χ2v) is 3.82. The van der Waals surface area contributed by atoms with Gasteiger partial charge in [-0.1, -0.05) is 5.16 Å². The van der Waals surface area contributed by atoms with Crippen LogP contribution in [0.4, 0.5) is 0 Å². The molecule has 0 aliphatic heterocycles. The van der Waals surface area contributed by atoms with Gasteiger partial charge in [0.1, 0.15) is 5.84 Å². The van der Waals surface area contributed by atoms with Crippen LogP contribution in [0.5, 0.6) is 0 Å². The molecule has 0 aliphatic rings. The molecule has 4 N–H and O–H groups in total. The molecule has 15 heavy (non-hydrogen) atoms. The zero-order valence-electron chi connectivity index (χ0n) is 9.69. The number of nitrogens with two attached hydrogens (primary N) is 1. The van der Waals surface area contributed by atoms with Crippen LogP contribution >= 0.6 is 0 Å². The Morgan fingerprint density at radius 1 is 1.53 bits per heavy atom. The number of nitrogens with one attached hydrogen (secondary N) is 1. The fourth-order valence-electron chi connectivity index (χ4n) is 1.30. The third-order valence-corrected chi connectivity index (χ3v) is 1.99. The Bertz CT molecular complexity index is 240. The molecule has 0 saturated carbocycles. The lowest BCUT2D eigenvalue weighted by Crippen LogP contribution is -2.46. The Labute approximate surface area is 90.1 Å². The minimum Gasteiger partial charge on any atom is -0.409 e. The lowest BCUT2D eigenvalue weighted by atomic mass is 10.2. The van der Waals surface area contributed by atoms with Gasteiger partial charge in [0.15, 0.2) is 0 Å². The first kappa shape index (κ1) is 13.7. The molecule has 0 radical (unpaired) electrons. The predicted octanol–water partition coefficient (Wildman–Crippen LogP) is -0.422. The lowest BCUT2D eigenvalue weighted by Gasteiger charge is -2.21. The Morgan fingerprint density at radius 3 is 2.47 bits per heavy atom. The van der Waals surface area contributed by atoms with Crippen LogP contribution in [0.25, 0.3) is 0 Å². The minimum atomic E-state index is -0.276. The number of hydrogen-bond acceptors (Lipinski definition) is 4. The van der Waals surface area contributed by atoms with Crippen molar-refractivity contribution >= 4 is 11.7 Å². The van der Waals surface area contributed by atoms with E-state index in [0.29, 0.717) is 6.42 Å². The summed E-state index contributed by atoms with van der Waals surface area (Å²) in [5, 5.41) is 14.3. The highest BCUT2D eigenvalue weighted by Crippen LogP contribution is 1.96. The van der Waals surface area contributed by atoms with Gasteiger partial charge in [-0.05, 0) is 13.8 Å². The highest BCUT2D eigenvalue weighted by molar-refractivity contribution is 5.82. The highest BCUT2D eigenvalue weighted by Gasteiger charge is 2.17. The summed E-state index contributed by atoms with van der Waals surface area (Å²) in [5.41, 5.74) is 5.35. The molecule has 2 unspecified atom stereocenters. The molecule has 1 amide bonds. The van der Waals surface area contributed by atoms with E-state index in [9.17, 15) is 4.79 Å². The largest absolute Gasteiger partial charge is 0.409 e. The monoisotopic (exact) mass is 216 g/mol. The van der Waals surface area contributed by atoms with Crippen molar-refractivity contribution in [1.29, 1.82) is 0 Å². The average Bonchev–Trinajstić information content (AvgIpc) is 2.15. The topological polar surface area (TPSA) is 91.0 Å². The fraction of sp³-hybridized carbons (Fsp3) is 0.778. The predicted molar refractivity (Wildman–Crippen MR) is 58.8 cm³/mol. The van der Waals surface area contributed by atoms with Gasteiger partial charge < -0.3 is 21.2 Å². The molecular formula is C9H20N4O2. The summed E-state index contributed by atoms with van der Waals surface area (Å²) in [6.45, 7) is 3.66. The second-order valence-electron chi connectivity index (χ2n) is 3.82. The standard InChI is InChI=1S/C9H20N4O2/c1-6(5-8(10)12-15)11-7(2)9(14)13(3)4/h6-7,11,15H,5H2,1-4H3,(H2,10,12). The molecule has 2 atom stereocenters. The SMILES string of the molecule is CC(CC(N)=NO)NC(C)C(=O)N(C)C. The van der Waals surface area contributed by atoms with Crippen molar-refractivity contribution in [2.45, 2.75) is 32.4 Å². The Hall–Kier alpha value is -1.30. The number of carbonyl (C=O) groups excluding carboxylic acids is 1. The van der Waals surface area contributed by atoms with Crippen LogP contribution < -0.4 is 11.1 Å². The smallest absolute Gasteiger partial charge is 0.238 e. The maximum atomic E-state index is 11.5. The van der Waals surface area contributed by atoms with Crippen molar-refractivity contribution in [2.75, 3.05) is 14.1 Å². The molecule has 0 aromatic rings. The third kappa shape index (κ3) is 5.21. The quantitative estimate of drug-likeness (QED) is 0.252. The molecule has 6 heteroatoms. The summed E-state index contributed by atoms with van der Waals surface area (Å²) in [6.07, 6.45) is 0.404. The van der Waals surface area contributed by atoms with E-state index in [0.717, 1.165) is 0 Å². The number of oxime groups is 1. The van der Waals surface area contributed by atoms with Gasteiger partial charge in [-0.15, -0.1) is 0 Å². The van der Waals surface area contributed by atoms with E-state index in [-0.39, 0.29) is 23.8 Å². The van der Waals surface area contributed by atoms with Gasteiger partial charge in [-0.3, -0.25) is 4.79 Å². The van der Waals surface area contributed by atoms with Crippen LogP contribution in [0, 0.1) is 0 Å². The third-order valence-electron chi connectivity index (χ3n) is 1.99. The normalized spacial score (nSPS) is 15.9. The first-order chi connectivity index (χ1) is 6.88. The van der Waals surface area contributed by atoms with Gasteiger partial charge in [0, 0.05) is 26.6 Å². The first-order valence-electron chi connectivity index (χ1n) is 4.82. The number of rotatable bonds is 5. The van der Waals surface area contributed by atoms with Crippen molar-refractivity contribution in [3.63, 3.8) is 0 Å². The van der Waals surface area contributed by atoms with Crippen molar-refractivity contribution in [3.8, 4) is 0 Å². The number of carbonyl (C=O) groups is 1. The molecule has 0 aromatic heterocycles. The van der Waals surface area contributed by atoms with Gasteiger partial charge in [-0.2, -0.15) is 0 Å². The molecule has 0 rings (SSSR count). The summed E-state index contributed by atoms with van der Waals surface area (Å²) in [5.74, 6) is 0.154. The molecule has 88 valence electrons. The van der Waals surface area contributed by atoms with Crippen LogP contribution in [0.15, 0.2) is 5.16 Å². The molecule has 0 fully saturated rings. The molecule has 0 spiro atoms.